The number of hydrogen-bond donors (Lipinski definition) is 0. The maximum atomic E-state index is 12.1. The van der Waals surface area contributed by atoms with Crippen molar-refractivity contribution in [2.45, 2.75) is 17.7 Å². The fourth-order valence-electron chi connectivity index (χ4n) is 2.83. The van der Waals surface area contributed by atoms with Gasteiger partial charge in [0.15, 0.2) is 0 Å². The zero-order valence-corrected chi connectivity index (χ0v) is 18.2. The summed E-state index contributed by atoms with van der Waals surface area (Å²) in [4.78, 5) is 14.5. The van der Waals surface area contributed by atoms with Crippen LogP contribution in [-0.2, 0) is 12.8 Å². The molecule has 0 aliphatic rings. The average molecular weight is 422 g/mol. The molecule has 3 rings (SSSR count). The highest BCUT2D eigenvalue weighted by Crippen LogP contribution is 2.31. The molecule has 30 heavy (non-hydrogen) atoms. The molecule has 0 fully saturated rings. The summed E-state index contributed by atoms with van der Waals surface area (Å²) in [5, 5.41) is -0.0355. The molecule has 0 heterocycles. The minimum absolute atomic E-state index is 0.0355. The Hall–Kier alpha value is -2.92. The Morgan fingerprint density at radius 3 is 1.67 bits per heavy atom. The van der Waals surface area contributed by atoms with Gasteiger partial charge in [-0.1, -0.05) is 60.7 Å². The van der Waals surface area contributed by atoms with Crippen LogP contribution in [0.5, 0.6) is 11.5 Å². The quantitative estimate of drug-likeness (QED) is 0.415. The number of nitrogens with zero attached hydrogens (tertiary/aromatic N) is 1. The minimum Gasteiger partial charge on any atom is -0.493 e. The van der Waals surface area contributed by atoms with Crippen LogP contribution < -0.4 is 9.47 Å². The molecule has 156 valence electrons. The van der Waals surface area contributed by atoms with Gasteiger partial charge in [0, 0.05) is 37.9 Å². The largest absolute Gasteiger partial charge is 0.493 e. The summed E-state index contributed by atoms with van der Waals surface area (Å²) < 4.78 is 12.0. The van der Waals surface area contributed by atoms with Crippen molar-refractivity contribution in [3.63, 3.8) is 0 Å². The molecule has 0 bridgehead atoms. The molecule has 0 aliphatic carbocycles. The molecule has 0 saturated heterocycles. The van der Waals surface area contributed by atoms with Gasteiger partial charge in [-0.05, 0) is 35.0 Å². The summed E-state index contributed by atoms with van der Waals surface area (Å²) in [5.74, 6) is 1.41. The molecule has 0 spiro atoms. The molecular formula is C25H27NO3S. The summed E-state index contributed by atoms with van der Waals surface area (Å²) in [5.41, 5.74) is 2.45. The second kappa shape index (κ2) is 11.3. The van der Waals surface area contributed by atoms with Gasteiger partial charge >= 0.3 is 0 Å². The van der Waals surface area contributed by atoms with Gasteiger partial charge in [-0.3, -0.25) is 4.79 Å². The van der Waals surface area contributed by atoms with Gasteiger partial charge in [-0.2, -0.15) is 0 Å². The highest BCUT2D eigenvalue weighted by molar-refractivity contribution is 8.13. The lowest BCUT2D eigenvalue weighted by Gasteiger charge is -2.14. The first-order valence-corrected chi connectivity index (χ1v) is 10.8. The zero-order chi connectivity index (χ0) is 21.2. The minimum atomic E-state index is -0.0355. The number of ether oxygens (including phenoxy) is 2. The third-order valence-electron chi connectivity index (χ3n) is 4.43. The predicted octanol–water partition coefficient (Wildman–Crippen LogP) is 5.70. The topological polar surface area (TPSA) is 38.8 Å². The van der Waals surface area contributed by atoms with Crippen LogP contribution in [0.4, 0.5) is 4.79 Å². The van der Waals surface area contributed by atoms with Gasteiger partial charge in [0.25, 0.3) is 5.24 Å². The van der Waals surface area contributed by atoms with Crippen LogP contribution >= 0.6 is 11.8 Å². The van der Waals surface area contributed by atoms with Crippen molar-refractivity contribution in [3.8, 4) is 11.5 Å². The second-order valence-corrected chi connectivity index (χ2v) is 8.10. The van der Waals surface area contributed by atoms with Gasteiger partial charge in [-0.25, -0.2) is 0 Å². The first-order chi connectivity index (χ1) is 14.6. The fraction of sp³-hybridized carbons (Fsp3) is 0.240. The maximum Gasteiger partial charge on any atom is 0.285 e. The Kier molecular flexibility index (Phi) is 8.21. The van der Waals surface area contributed by atoms with E-state index < -0.39 is 0 Å². The number of carbonyl (C=O) groups excluding carboxylic acids is 1. The average Bonchev–Trinajstić information content (AvgIpc) is 2.75. The smallest absolute Gasteiger partial charge is 0.285 e. The second-order valence-electron chi connectivity index (χ2n) is 7.07. The van der Waals surface area contributed by atoms with Crippen LogP contribution in [0.1, 0.15) is 11.1 Å². The first-order valence-electron chi connectivity index (χ1n) is 9.98. The van der Waals surface area contributed by atoms with E-state index in [1.54, 1.807) is 19.0 Å². The van der Waals surface area contributed by atoms with Crippen LogP contribution in [0.2, 0.25) is 0 Å². The van der Waals surface area contributed by atoms with Crippen LogP contribution in [-0.4, -0.2) is 37.4 Å². The SMILES string of the molecule is CN(C)C(=O)Sc1cc(OCCc2ccccc2)cc(OCCc2ccccc2)c1. The molecule has 0 unspecified atom stereocenters. The van der Waals surface area contributed by atoms with Gasteiger partial charge in [0.2, 0.25) is 0 Å². The lowest BCUT2D eigenvalue weighted by Crippen LogP contribution is -2.16. The highest BCUT2D eigenvalue weighted by Gasteiger charge is 2.11. The van der Waals surface area contributed by atoms with E-state index in [-0.39, 0.29) is 5.24 Å². The van der Waals surface area contributed by atoms with E-state index in [9.17, 15) is 4.79 Å². The van der Waals surface area contributed by atoms with Crippen molar-refractivity contribution >= 4 is 17.0 Å². The van der Waals surface area contributed by atoms with E-state index in [2.05, 4.69) is 24.3 Å². The Balaban J connectivity index is 1.65. The molecule has 0 radical (unpaired) electrons. The predicted molar refractivity (Wildman–Crippen MR) is 123 cm³/mol. The first kappa shape index (κ1) is 21.8. The van der Waals surface area contributed by atoms with E-state index in [4.69, 9.17) is 9.47 Å². The molecule has 5 heteroatoms. The molecule has 0 aliphatic heterocycles. The molecule has 3 aromatic carbocycles. The number of hydrogen-bond acceptors (Lipinski definition) is 4. The molecule has 0 atom stereocenters. The van der Waals surface area contributed by atoms with Crippen molar-refractivity contribution in [2.75, 3.05) is 27.3 Å². The van der Waals surface area contributed by atoms with Crippen molar-refractivity contribution in [1.29, 1.82) is 0 Å². The van der Waals surface area contributed by atoms with E-state index in [0.29, 0.717) is 24.7 Å². The van der Waals surface area contributed by atoms with Crippen LogP contribution in [0.15, 0.2) is 83.8 Å². The van der Waals surface area contributed by atoms with Gasteiger partial charge in [0.1, 0.15) is 11.5 Å². The van der Waals surface area contributed by atoms with Gasteiger partial charge in [0.05, 0.1) is 13.2 Å². The summed E-state index contributed by atoms with van der Waals surface area (Å²) >= 11 is 1.17. The Morgan fingerprint density at radius 2 is 1.23 bits per heavy atom. The summed E-state index contributed by atoms with van der Waals surface area (Å²) in [7, 11) is 3.49. The lowest BCUT2D eigenvalue weighted by atomic mass is 10.2. The third-order valence-corrected chi connectivity index (χ3v) is 5.44. The Bertz CT molecular complexity index is 866. The third kappa shape index (κ3) is 7.16. The summed E-state index contributed by atoms with van der Waals surface area (Å²) in [6.45, 7) is 1.12. The molecule has 3 aromatic rings. The number of rotatable bonds is 9. The monoisotopic (exact) mass is 421 g/mol. The zero-order valence-electron chi connectivity index (χ0n) is 17.4. The number of thioether (sulfide) groups is 1. The number of carbonyl (C=O) groups is 1. The van der Waals surface area contributed by atoms with E-state index in [1.807, 2.05) is 54.6 Å². The van der Waals surface area contributed by atoms with Crippen LogP contribution in [0.3, 0.4) is 0 Å². The van der Waals surface area contributed by atoms with E-state index in [1.165, 1.54) is 22.9 Å². The van der Waals surface area contributed by atoms with Crippen molar-refractivity contribution in [2.24, 2.45) is 0 Å². The molecule has 0 N–H and O–H groups in total. The van der Waals surface area contributed by atoms with Crippen LogP contribution in [0.25, 0.3) is 0 Å². The fourth-order valence-corrected chi connectivity index (χ4v) is 3.56. The molecular weight excluding hydrogens is 394 g/mol. The van der Waals surface area contributed by atoms with E-state index >= 15 is 0 Å². The van der Waals surface area contributed by atoms with Gasteiger partial charge in [-0.15, -0.1) is 0 Å². The summed E-state index contributed by atoms with van der Waals surface area (Å²) in [6.07, 6.45) is 1.64. The van der Waals surface area contributed by atoms with Crippen molar-refractivity contribution < 1.29 is 14.3 Å². The lowest BCUT2D eigenvalue weighted by molar-refractivity contribution is 0.241. The number of amides is 1. The maximum absolute atomic E-state index is 12.1. The molecule has 0 saturated carbocycles. The Morgan fingerprint density at radius 1 is 0.767 bits per heavy atom. The van der Waals surface area contributed by atoms with Crippen molar-refractivity contribution in [1.82, 2.24) is 4.90 Å². The normalized spacial score (nSPS) is 10.5. The molecule has 1 amide bonds. The van der Waals surface area contributed by atoms with Crippen molar-refractivity contribution in [3.05, 3.63) is 90.0 Å². The van der Waals surface area contributed by atoms with E-state index in [0.717, 1.165) is 17.7 Å². The number of benzene rings is 3. The molecule has 0 aromatic heterocycles. The standard InChI is InChI=1S/C25H27NO3S/c1-26(2)25(27)30-24-18-22(28-15-13-20-9-5-3-6-10-20)17-23(19-24)29-16-14-21-11-7-4-8-12-21/h3-12,17-19H,13-16H2,1-2H3. The summed E-state index contributed by atoms with van der Waals surface area (Å²) in [6, 6.07) is 26.1. The van der Waals surface area contributed by atoms with Crippen LogP contribution in [0, 0.1) is 0 Å². The molecule has 4 nitrogen and oxygen atoms in total. The van der Waals surface area contributed by atoms with Gasteiger partial charge < -0.3 is 14.4 Å². The Labute approximate surface area is 182 Å². The highest BCUT2D eigenvalue weighted by atomic mass is 32.2.